The quantitative estimate of drug-likeness (QED) is 0.586. The molecule has 0 saturated carbocycles. The van der Waals surface area contributed by atoms with Crippen LogP contribution in [0.1, 0.15) is 11.1 Å². The molecule has 14 heavy (non-hydrogen) atoms. The molecule has 0 radical (unpaired) electrons. The molecule has 0 spiro atoms. The summed E-state index contributed by atoms with van der Waals surface area (Å²) < 4.78 is 19.8. The summed E-state index contributed by atoms with van der Waals surface area (Å²) in [7, 11) is 0. The molecule has 0 aliphatic heterocycles. The third-order valence-corrected chi connectivity index (χ3v) is 2.99. The third kappa shape index (κ3) is 3.06. The molecule has 6 heteroatoms. The fraction of sp³-hybridized carbons (Fsp3) is 0.250. The maximum atomic E-state index is 10.3. The molecule has 0 heterocycles. The first-order valence-corrected chi connectivity index (χ1v) is 5.80. The molecule has 4 nitrogen and oxygen atoms in total. The van der Waals surface area contributed by atoms with E-state index in [1.54, 1.807) is 0 Å². The summed E-state index contributed by atoms with van der Waals surface area (Å²) >= 11 is 1.34. The smallest absolute Gasteiger partial charge is 0.250 e. The van der Waals surface area contributed by atoms with Crippen molar-refractivity contribution in [2.45, 2.75) is 13.8 Å². The fourth-order valence-corrected chi connectivity index (χ4v) is 1.76. The molecule has 1 rings (SSSR count). The predicted molar refractivity (Wildman–Crippen MR) is 61.1 cm³/mol. The van der Waals surface area contributed by atoms with Crippen molar-refractivity contribution in [3.05, 3.63) is 27.7 Å². The number of hydrazine groups is 1. The Bertz CT molecular complexity index is 347. The number of nitrogens with one attached hydrogen (secondary N) is 2. The van der Waals surface area contributed by atoms with Crippen LogP contribution in [0, 0.1) is 13.8 Å². The SMILES string of the molecule is Cc1cc(NNS(=O)O)cc(Br)c1C. The van der Waals surface area contributed by atoms with E-state index >= 15 is 0 Å². The molecule has 0 fully saturated rings. The molecule has 78 valence electrons. The predicted octanol–water partition coefficient (Wildman–Crippen LogP) is 2.12. The van der Waals surface area contributed by atoms with Crippen LogP contribution < -0.4 is 10.3 Å². The lowest BCUT2D eigenvalue weighted by Crippen LogP contribution is -2.23. The monoisotopic (exact) mass is 278 g/mol. The third-order valence-electron chi connectivity index (χ3n) is 1.89. The highest BCUT2D eigenvalue weighted by Gasteiger charge is 2.01. The maximum Gasteiger partial charge on any atom is 0.250 e. The van der Waals surface area contributed by atoms with Crippen molar-refractivity contribution < 1.29 is 8.76 Å². The Morgan fingerprint density at radius 1 is 1.43 bits per heavy atom. The van der Waals surface area contributed by atoms with Crippen molar-refractivity contribution in [1.29, 1.82) is 0 Å². The Hall–Kier alpha value is -0.430. The lowest BCUT2D eigenvalue weighted by molar-refractivity contribution is 0.555. The number of anilines is 1. The molecule has 0 bridgehead atoms. The number of benzene rings is 1. The number of aryl methyl sites for hydroxylation is 1. The van der Waals surface area contributed by atoms with Crippen LogP contribution in [0.2, 0.25) is 0 Å². The summed E-state index contributed by atoms with van der Waals surface area (Å²) in [5, 5.41) is 0. The summed E-state index contributed by atoms with van der Waals surface area (Å²) in [6.45, 7) is 3.97. The minimum atomic E-state index is -2.06. The van der Waals surface area contributed by atoms with Crippen molar-refractivity contribution in [3.63, 3.8) is 0 Å². The molecule has 1 aromatic rings. The van der Waals surface area contributed by atoms with Crippen LogP contribution in [0.15, 0.2) is 16.6 Å². The van der Waals surface area contributed by atoms with Crippen LogP contribution >= 0.6 is 15.9 Å². The first-order valence-electron chi connectivity index (χ1n) is 3.90. The minimum absolute atomic E-state index is 0.738. The fourth-order valence-electron chi connectivity index (χ4n) is 0.991. The van der Waals surface area contributed by atoms with Gasteiger partial charge in [0.25, 0.3) is 0 Å². The lowest BCUT2D eigenvalue weighted by atomic mass is 10.1. The second-order valence-corrected chi connectivity index (χ2v) is 4.43. The summed E-state index contributed by atoms with van der Waals surface area (Å²) in [6, 6.07) is 3.72. The van der Waals surface area contributed by atoms with E-state index in [0.29, 0.717) is 0 Å². The first-order chi connectivity index (χ1) is 6.50. The highest BCUT2D eigenvalue weighted by Crippen LogP contribution is 2.23. The zero-order valence-corrected chi connectivity index (χ0v) is 10.2. The van der Waals surface area contributed by atoms with Gasteiger partial charge in [0.2, 0.25) is 11.3 Å². The van der Waals surface area contributed by atoms with E-state index in [9.17, 15) is 4.21 Å². The zero-order chi connectivity index (χ0) is 10.7. The van der Waals surface area contributed by atoms with Gasteiger partial charge in [0.05, 0.1) is 5.69 Å². The number of hydrogen-bond donors (Lipinski definition) is 3. The Labute approximate surface area is 93.6 Å². The van der Waals surface area contributed by atoms with Gasteiger partial charge in [-0.2, -0.15) is 0 Å². The van der Waals surface area contributed by atoms with E-state index in [2.05, 4.69) is 26.2 Å². The van der Waals surface area contributed by atoms with Gasteiger partial charge in [-0.05, 0) is 37.1 Å². The van der Waals surface area contributed by atoms with Gasteiger partial charge in [0.1, 0.15) is 0 Å². The van der Waals surface area contributed by atoms with Gasteiger partial charge in [-0.15, -0.1) is 4.83 Å². The first kappa shape index (κ1) is 11.6. The standard InChI is InChI=1S/C8H11BrN2O2S/c1-5-3-7(10-11-14(12)13)4-8(9)6(5)2/h3-4,10-11H,1-2H3,(H,12,13). The zero-order valence-electron chi connectivity index (χ0n) is 7.80. The average Bonchev–Trinajstić information content (AvgIpc) is 2.10. The molecular weight excluding hydrogens is 268 g/mol. The van der Waals surface area contributed by atoms with Crippen molar-refractivity contribution in [1.82, 2.24) is 4.83 Å². The van der Waals surface area contributed by atoms with E-state index < -0.39 is 11.3 Å². The molecule has 0 amide bonds. The molecule has 1 atom stereocenters. The Morgan fingerprint density at radius 2 is 2.07 bits per heavy atom. The molecule has 0 saturated heterocycles. The molecule has 1 unspecified atom stereocenters. The van der Waals surface area contributed by atoms with Gasteiger partial charge in [-0.1, -0.05) is 15.9 Å². The number of halogens is 1. The van der Waals surface area contributed by atoms with Crippen LogP contribution in [-0.4, -0.2) is 8.76 Å². The van der Waals surface area contributed by atoms with Crippen LogP contribution in [-0.2, 0) is 11.3 Å². The molecule has 0 aliphatic carbocycles. The summed E-state index contributed by atoms with van der Waals surface area (Å²) in [6.07, 6.45) is 0. The largest absolute Gasteiger partial charge is 0.308 e. The molecule has 1 aromatic carbocycles. The Balaban J connectivity index is 2.84. The van der Waals surface area contributed by atoms with Crippen LogP contribution in [0.25, 0.3) is 0 Å². The lowest BCUT2D eigenvalue weighted by Gasteiger charge is -2.09. The van der Waals surface area contributed by atoms with Crippen molar-refractivity contribution in [2.75, 3.05) is 5.43 Å². The molecule has 0 aliphatic rings. The number of rotatable bonds is 3. The van der Waals surface area contributed by atoms with E-state index in [1.807, 2.05) is 26.0 Å². The molecular formula is C8H11BrN2O2S. The van der Waals surface area contributed by atoms with E-state index in [4.69, 9.17) is 4.55 Å². The van der Waals surface area contributed by atoms with Gasteiger partial charge in [0.15, 0.2) is 0 Å². The highest BCUT2D eigenvalue weighted by molar-refractivity contribution is 9.10. The second-order valence-electron chi connectivity index (χ2n) is 2.88. The topological polar surface area (TPSA) is 61.4 Å². The van der Waals surface area contributed by atoms with Crippen molar-refractivity contribution in [2.24, 2.45) is 0 Å². The van der Waals surface area contributed by atoms with Gasteiger partial charge in [-0.3, -0.25) is 4.55 Å². The average molecular weight is 279 g/mol. The van der Waals surface area contributed by atoms with Crippen LogP contribution in [0.5, 0.6) is 0 Å². The van der Waals surface area contributed by atoms with E-state index in [-0.39, 0.29) is 0 Å². The number of hydrogen-bond acceptors (Lipinski definition) is 2. The van der Waals surface area contributed by atoms with E-state index in [0.717, 1.165) is 21.3 Å². The van der Waals surface area contributed by atoms with Gasteiger partial charge >= 0.3 is 0 Å². The highest BCUT2D eigenvalue weighted by atomic mass is 79.9. The maximum absolute atomic E-state index is 10.3. The molecule has 0 aromatic heterocycles. The van der Waals surface area contributed by atoms with Crippen LogP contribution in [0.3, 0.4) is 0 Å². The normalized spacial score (nSPS) is 12.6. The summed E-state index contributed by atoms with van der Waals surface area (Å²) in [5.74, 6) is 0. The molecule has 3 N–H and O–H groups in total. The van der Waals surface area contributed by atoms with Gasteiger partial charge in [-0.25, -0.2) is 4.21 Å². The minimum Gasteiger partial charge on any atom is -0.308 e. The van der Waals surface area contributed by atoms with E-state index in [1.165, 1.54) is 0 Å². The van der Waals surface area contributed by atoms with Crippen molar-refractivity contribution in [3.8, 4) is 0 Å². The Morgan fingerprint density at radius 3 is 2.57 bits per heavy atom. The second kappa shape index (κ2) is 4.88. The Kier molecular flexibility index (Phi) is 4.06. The van der Waals surface area contributed by atoms with Crippen molar-refractivity contribution >= 4 is 32.9 Å². The van der Waals surface area contributed by atoms with Crippen LogP contribution in [0.4, 0.5) is 5.69 Å². The van der Waals surface area contributed by atoms with Gasteiger partial charge < -0.3 is 5.43 Å². The summed E-state index contributed by atoms with van der Waals surface area (Å²) in [4.78, 5) is 2.19. The summed E-state index contributed by atoms with van der Waals surface area (Å²) in [5.41, 5.74) is 5.62. The van der Waals surface area contributed by atoms with Gasteiger partial charge in [0, 0.05) is 4.47 Å².